The Morgan fingerprint density at radius 3 is 2.21 bits per heavy atom. The van der Waals surface area contributed by atoms with Crippen LogP contribution in [0.15, 0.2) is 72.8 Å². The molecule has 0 atom stereocenters. The average Bonchev–Trinajstić information content (AvgIpc) is 2.73. The molecule has 0 spiro atoms. The van der Waals surface area contributed by atoms with Crippen molar-refractivity contribution in [2.75, 3.05) is 6.61 Å². The quantitative estimate of drug-likeness (QED) is 0.305. The highest BCUT2D eigenvalue weighted by atomic mass is 19.2. The number of fused-ring (bicyclic) bond motifs is 1. The first kappa shape index (κ1) is 19.8. The van der Waals surface area contributed by atoms with Crippen LogP contribution in [0.25, 0.3) is 22.4 Å². The molecule has 0 unspecified atom stereocenters. The molecule has 0 N–H and O–H groups in total. The van der Waals surface area contributed by atoms with Crippen molar-refractivity contribution < 1.29 is 13.5 Å². The van der Waals surface area contributed by atoms with Crippen molar-refractivity contribution in [1.29, 1.82) is 0 Å². The van der Waals surface area contributed by atoms with E-state index in [9.17, 15) is 8.78 Å². The Balaban J connectivity index is 1.85. The van der Waals surface area contributed by atoms with Gasteiger partial charge in [0, 0.05) is 11.1 Å². The number of ether oxygens (including phenoxy) is 1. The van der Waals surface area contributed by atoms with Gasteiger partial charge in [0.2, 0.25) is 0 Å². The lowest BCUT2D eigenvalue weighted by Gasteiger charge is -2.07. The largest absolute Gasteiger partial charge is 0.490 e. The van der Waals surface area contributed by atoms with Crippen LogP contribution in [0, 0.1) is 0 Å². The second-order valence-corrected chi connectivity index (χ2v) is 6.68. The van der Waals surface area contributed by atoms with Crippen molar-refractivity contribution in [3.63, 3.8) is 0 Å². The molecule has 144 valence electrons. The smallest absolute Gasteiger partial charge is 0.166 e. The highest BCUT2D eigenvalue weighted by Gasteiger charge is 2.12. The van der Waals surface area contributed by atoms with Gasteiger partial charge >= 0.3 is 0 Å². The number of hydrogen-bond donors (Lipinski definition) is 0. The Labute approximate surface area is 165 Å². The van der Waals surface area contributed by atoms with E-state index in [0.717, 1.165) is 23.6 Å². The monoisotopic (exact) mass is 378 g/mol. The summed E-state index contributed by atoms with van der Waals surface area (Å²) in [6, 6.07) is 17.6. The molecule has 0 saturated carbocycles. The van der Waals surface area contributed by atoms with Crippen molar-refractivity contribution in [3.8, 4) is 5.75 Å². The van der Waals surface area contributed by atoms with Gasteiger partial charge in [-0.2, -0.15) is 0 Å². The molecule has 3 aromatic rings. The minimum absolute atomic E-state index is 0.189. The average molecular weight is 378 g/mol. The third-order valence-electron chi connectivity index (χ3n) is 4.58. The van der Waals surface area contributed by atoms with E-state index < -0.39 is 11.7 Å². The van der Waals surface area contributed by atoms with Crippen LogP contribution in [0.3, 0.4) is 0 Å². The Morgan fingerprint density at radius 1 is 0.857 bits per heavy atom. The van der Waals surface area contributed by atoms with E-state index in [1.807, 2.05) is 37.3 Å². The van der Waals surface area contributed by atoms with Crippen molar-refractivity contribution in [2.45, 2.75) is 26.7 Å². The van der Waals surface area contributed by atoms with Crippen LogP contribution < -0.4 is 4.74 Å². The van der Waals surface area contributed by atoms with Gasteiger partial charge in [-0.3, -0.25) is 0 Å². The molecule has 0 aliphatic carbocycles. The predicted molar refractivity (Wildman–Crippen MR) is 114 cm³/mol. The summed E-state index contributed by atoms with van der Waals surface area (Å²) in [5, 5.41) is 1.93. The third-order valence-corrected chi connectivity index (χ3v) is 4.58. The van der Waals surface area contributed by atoms with Gasteiger partial charge in [-0.05, 0) is 60.0 Å². The van der Waals surface area contributed by atoms with Crippen LogP contribution in [0.4, 0.5) is 8.78 Å². The fourth-order valence-electron chi connectivity index (χ4n) is 3.07. The molecule has 0 aliphatic rings. The number of benzene rings is 3. The molecule has 0 aromatic heterocycles. The predicted octanol–water partition coefficient (Wildman–Crippen LogP) is 7.51. The zero-order chi connectivity index (χ0) is 19.9. The molecular weight excluding hydrogens is 354 g/mol. The molecule has 0 amide bonds. The van der Waals surface area contributed by atoms with E-state index in [1.54, 1.807) is 24.3 Å². The van der Waals surface area contributed by atoms with Gasteiger partial charge < -0.3 is 4.74 Å². The van der Waals surface area contributed by atoms with Gasteiger partial charge in [-0.25, -0.2) is 8.78 Å². The van der Waals surface area contributed by atoms with E-state index in [4.69, 9.17) is 4.74 Å². The van der Waals surface area contributed by atoms with Crippen molar-refractivity contribution >= 4 is 22.4 Å². The topological polar surface area (TPSA) is 9.23 Å². The van der Waals surface area contributed by atoms with Gasteiger partial charge in [0.15, 0.2) is 11.7 Å². The Bertz CT molecular complexity index is 1000. The molecule has 0 heterocycles. The zero-order valence-corrected chi connectivity index (χ0v) is 16.2. The van der Waals surface area contributed by atoms with Crippen LogP contribution in [-0.4, -0.2) is 6.61 Å². The first-order valence-electron chi connectivity index (χ1n) is 9.55. The molecule has 0 saturated heterocycles. The minimum Gasteiger partial charge on any atom is -0.490 e. The van der Waals surface area contributed by atoms with Crippen LogP contribution in [0.5, 0.6) is 5.75 Å². The number of allylic oxidation sites excluding steroid dienone is 1. The molecule has 0 radical (unpaired) electrons. The summed E-state index contributed by atoms with van der Waals surface area (Å²) in [6.07, 6.45) is 5.85. The molecule has 0 aliphatic heterocycles. The van der Waals surface area contributed by atoms with Crippen LogP contribution in [0.2, 0.25) is 0 Å². The lowest BCUT2D eigenvalue weighted by Crippen LogP contribution is -1.93. The van der Waals surface area contributed by atoms with E-state index in [-0.39, 0.29) is 11.1 Å². The molecule has 3 rings (SSSR count). The lowest BCUT2D eigenvalue weighted by atomic mass is 10.0. The van der Waals surface area contributed by atoms with Crippen molar-refractivity contribution in [3.05, 3.63) is 89.5 Å². The maximum Gasteiger partial charge on any atom is 0.166 e. The molecule has 28 heavy (non-hydrogen) atoms. The normalized spacial score (nSPS) is 12.4. The molecule has 1 nitrogen and oxygen atoms in total. The first-order chi connectivity index (χ1) is 13.6. The van der Waals surface area contributed by atoms with Gasteiger partial charge in [-0.1, -0.05) is 55.8 Å². The summed E-state index contributed by atoms with van der Waals surface area (Å²) in [7, 11) is 0. The first-order valence-corrected chi connectivity index (χ1v) is 9.55. The van der Waals surface area contributed by atoms with E-state index in [1.165, 1.54) is 17.7 Å². The SMILES string of the molecule is CC=CCOc1ccc(C(F)=C(F)c2ccc3cc(CCC)ccc3c2)cc1. The van der Waals surface area contributed by atoms with Crippen LogP contribution >= 0.6 is 0 Å². The van der Waals surface area contributed by atoms with Gasteiger partial charge in [0.1, 0.15) is 12.4 Å². The molecule has 0 bridgehead atoms. The maximum absolute atomic E-state index is 14.8. The van der Waals surface area contributed by atoms with E-state index >= 15 is 0 Å². The van der Waals surface area contributed by atoms with Gasteiger partial charge in [-0.15, -0.1) is 0 Å². The van der Waals surface area contributed by atoms with Crippen LogP contribution in [0.1, 0.15) is 37.0 Å². The summed E-state index contributed by atoms with van der Waals surface area (Å²) in [5.41, 5.74) is 1.68. The zero-order valence-electron chi connectivity index (χ0n) is 16.2. The number of hydrogen-bond acceptors (Lipinski definition) is 1. The highest BCUT2D eigenvalue weighted by molar-refractivity contribution is 5.90. The Hall–Kier alpha value is -2.94. The highest BCUT2D eigenvalue weighted by Crippen LogP contribution is 2.31. The summed E-state index contributed by atoms with van der Waals surface area (Å²) in [5.74, 6) is -1.12. The van der Waals surface area contributed by atoms with E-state index in [2.05, 4.69) is 13.0 Å². The fourth-order valence-corrected chi connectivity index (χ4v) is 3.07. The standard InChI is InChI=1S/C25H24F2O/c1-3-5-15-28-23-13-11-19(12-14-23)24(26)25(27)22-10-9-20-16-18(6-4-2)7-8-21(20)17-22/h3,5,7-14,16-17H,4,6,15H2,1-2H3. The second-order valence-electron chi connectivity index (χ2n) is 6.68. The van der Waals surface area contributed by atoms with Gasteiger partial charge in [0.05, 0.1) is 0 Å². The number of halogens is 2. The number of aryl methyl sites for hydroxylation is 1. The minimum atomic E-state index is -0.873. The van der Waals surface area contributed by atoms with Gasteiger partial charge in [0.25, 0.3) is 0 Å². The van der Waals surface area contributed by atoms with E-state index in [0.29, 0.717) is 12.4 Å². The van der Waals surface area contributed by atoms with Crippen molar-refractivity contribution in [1.82, 2.24) is 0 Å². The Kier molecular flexibility index (Phi) is 6.59. The number of rotatable bonds is 7. The fraction of sp³-hybridized carbons (Fsp3) is 0.200. The third kappa shape index (κ3) is 4.66. The maximum atomic E-state index is 14.8. The molecular formula is C25H24F2O. The Morgan fingerprint density at radius 2 is 1.50 bits per heavy atom. The molecule has 3 aromatic carbocycles. The summed E-state index contributed by atoms with van der Waals surface area (Å²) in [6.45, 7) is 4.49. The summed E-state index contributed by atoms with van der Waals surface area (Å²) >= 11 is 0. The lowest BCUT2D eigenvalue weighted by molar-refractivity contribution is 0.362. The molecule has 3 heteroatoms. The van der Waals surface area contributed by atoms with Crippen LogP contribution in [-0.2, 0) is 6.42 Å². The second kappa shape index (κ2) is 9.32. The van der Waals surface area contributed by atoms with Crippen molar-refractivity contribution in [2.24, 2.45) is 0 Å². The summed E-state index contributed by atoms with van der Waals surface area (Å²) < 4.78 is 34.9. The molecule has 0 fully saturated rings. The summed E-state index contributed by atoms with van der Waals surface area (Å²) in [4.78, 5) is 0.